The summed E-state index contributed by atoms with van der Waals surface area (Å²) in [5.74, 6) is -0.134. The lowest BCUT2D eigenvalue weighted by atomic mass is 10.1. The third-order valence-corrected chi connectivity index (χ3v) is 4.96. The van der Waals surface area contributed by atoms with E-state index in [0.29, 0.717) is 5.56 Å². The average Bonchev–Trinajstić information content (AvgIpc) is 3.01. The van der Waals surface area contributed by atoms with Crippen LogP contribution in [0.25, 0.3) is 16.9 Å². The van der Waals surface area contributed by atoms with E-state index in [9.17, 15) is 9.18 Å². The topological polar surface area (TPSA) is 37.6 Å². The lowest BCUT2D eigenvalue weighted by Crippen LogP contribution is -2.34. The summed E-state index contributed by atoms with van der Waals surface area (Å²) < 4.78 is 15.8. The van der Waals surface area contributed by atoms with Crippen molar-refractivity contribution in [2.45, 2.75) is 47.0 Å². The first-order valence-electron chi connectivity index (χ1n) is 9.96. The van der Waals surface area contributed by atoms with Gasteiger partial charge in [-0.3, -0.25) is 4.79 Å². The number of aryl methyl sites for hydroxylation is 2. The molecule has 0 spiro atoms. The van der Waals surface area contributed by atoms with E-state index in [0.717, 1.165) is 54.1 Å². The Balaban J connectivity index is 2.09. The highest BCUT2D eigenvalue weighted by Gasteiger charge is 2.20. The number of hydrogen-bond acceptors (Lipinski definition) is 2. The number of carbonyl (C=O) groups is 1. The number of nitrogens with zero attached hydrogens (tertiary/aromatic N) is 3. The molecule has 3 aromatic rings. The van der Waals surface area contributed by atoms with Crippen LogP contribution in [-0.4, -0.2) is 33.3 Å². The molecule has 4 nitrogen and oxygen atoms in total. The van der Waals surface area contributed by atoms with Crippen LogP contribution in [0, 0.1) is 19.7 Å². The number of fused-ring (bicyclic) bond motifs is 1. The molecule has 0 atom stereocenters. The van der Waals surface area contributed by atoms with Gasteiger partial charge in [0.1, 0.15) is 11.5 Å². The van der Waals surface area contributed by atoms with Crippen LogP contribution in [0.15, 0.2) is 36.5 Å². The molecule has 0 aliphatic rings. The van der Waals surface area contributed by atoms with E-state index in [2.05, 4.69) is 13.8 Å². The highest BCUT2D eigenvalue weighted by Crippen LogP contribution is 2.27. The molecule has 0 fully saturated rings. The maximum absolute atomic E-state index is 13.8. The summed E-state index contributed by atoms with van der Waals surface area (Å²) in [6.45, 7) is 9.45. The fourth-order valence-corrected chi connectivity index (χ4v) is 3.55. The van der Waals surface area contributed by atoms with Crippen LogP contribution in [0.2, 0.25) is 0 Å². The molecule has 0 aliphatic heterocycles. The molecule has 2 aromatic heterocycles. The first-order chi connectivity index (χ1) is 13.4. The zero-order chi connectivity index (χ0) is 20.3. The van der Waals surface area contributed by atoms with Crippen molar-refractivity contribution >= 4 is 11.6 Å². The van der Waals surface area contributed by atoms with Crippen molar-refractivity contribution in [1.29, 1.82) is 0 Å². The van der Waals surface area contributed by atoms with E-state index < -0.39 is 0 Å². The zero-order valence-corrected chi connectivity index (χ0v) is 17.1. The number of hydrogen-bond donors (Lipinski definition) is 0. The molecule has 2 heterocycles. The minimum absolute atomic E-state index is 0.104. The number of halogens is 1. The van der Waals surface area contributed by atoms with E-state index in [1.165, 1.54) is 6.07 Å². The van der Waals surface area contributed by atoms with E-state index in [1.54, 1.807) is 19.1 Å². The summed E-state index contributed by atoms with van der Waals surface area (Å²) in [6.07, 6.45) is 4.15. The van der Waals surface area contributed by atoms with Crippen molar-refractivity contribution in [3.8, 4) is 11.3 Å². The molecule has 0 saturated carbocycles. The molecule has 0 N–H and O–H groups in total. The third kappa shape index (κ3) is 4.08. The summed E-state index contributed by atoms with van der Waals surface area (Å²) >= 11 is 0. The lowest BCUT2D eigenvalue weighted by Gasteiger charge is -2.21. The van der Waals surface area contributed by atoms with E-state index >= 15 is 0 Å². The molecule has 0 saturated heterocycles. The first kappa shape index (κ1) is 20.1. The van der Waals surface area contributed by atoms with Gasteiger partial charge in [-0.2, -0.15) is 0 Å². The largest absolute Gasteiger partial charge is 0.342 e. The Bertz CT molecular complexity index is 987. The number of imidazole rings is 1. The summed E-state index contributed by atoms with van der Waals surface area (Å²) in [6, 6.07) is 8.97. The molecular formula is C23H28FN3O. The standard InChI is InChI=1S/C23H28FN3O/c1-5-11-26(12-6-2)22(28)14-20-23(18-8-9-19(24)17(4)13-18)25-21-10-7-16(3)15-27(20)21/h7-10,13,15H,5-6,11-12,14H2,1-4H3. The predicted molar refractivity (Wildman–Crippen MR) is 111 cm³/mol. The fourth-order valence-electron chi connectivity index (χ4n) is 3.55. The molecule has 5 heteroatoms. The van der Waals surface area contributed by atoms with E-state index in [-0.39, 0.29) is 18.1 Å². The first-order valence-corrected chi connectivity index (χ1v) is 9.96. The lowest BCUT2D eigenvalue weighted by molar-refractivity contribution is -0.130. The quantitative estimate of drug-likeness (QED) is 0.581. The van der Waals surface area contributed by atoms with Crippen LogP contribution in [0.5, 0.6) is 0 Å². The minimum Gasteiger partial charge on any atom is -0.342 e. The Morgan fingerprint density at radius 1 is 1.11 bits per heavy atom. The molecular weight excluding hydrogens is 353 g/mol. The van der Waals surface area contributed by atoms with Crippen LogP contribution in [-0.2, 0) is 11.2 Å². The van der Waals surface area contributed by atoms with E-state index in [4.69, 9.17) is 4.98 Å². The molecule has 3 rings (SSSR count). The van der Waals surface area contributed by atoms with Crippen molar-refractivity contribution < 1.29 is 9.18 Å². The Morgan fingerprint density at radius 2 is 1.82 bits per heavy atom. The summed E-state index contributed by atoms with van der Waals surface area (Å²) in [5.41, 5.74) is 4.89. The second-order valence-electron chi connectivity index (χ2n) is 7.36. The SMILES string of the molecule is CCCN(CCC)C(=O)Cc1c(-c2ccc(F)c(C)c2)nc2ccc(C)cn12. The summed E-state index contributed by atoms with van der Waals surface area (Å²) in [7, 11) is 0. The van der Waals surface area contributed by atoms with Gasteiger partial charge in [-0.25, -0.2) is 9.37 Å². The molecule has 148 valence electrons. The molecule has 1 amide bonds. The van der Waals surface area contributed by atoms with Crippen molar-refractivity contribution in [2.75, 3.05) is 13.1 Å². The monoisotopic (exact) mass is 381 g/mol. The highest BCUT2D eigenvalue weighted by atomic mass is 19.1. The number of amides is 1. The number of rotatable bonds is 7. The van der Waals surface area contributed by atoms with Gasteiger partial charge in [0, 0.05) is 24.8 Å². The number of carbonyl (C=O) groups excluding carboxylic acids is 1. The minimum atomic E-state index is -0.238. The van der Waals surface area contributed by atoms with Gasteiger partial charge in [0.2, 0.25) is 5.91 Å². The molecule has 0 aliphatic carbocycles. The van der Waals surface area contributed by atoms with Crippen molar-refractivity contribution in [1.82, 2.24) is 14.3 Å². The molecule has 0 radical (unpaired) electrons. The van der Waals surface area contributed by atoms with Crippen molar-refractivity contribution in [2.24, 2.45) is 0 Å². The van der Waals surface area contributed by atoms with Gasteiger partial charge in [-0.1, -0.05) is 19.9 Å². The van der Waals surface area contributed by atoms with Gasteiger partial charge in [-0.15, -0.1) is 0 Å². The fraction of sp³-hybridized carbons (Fsp3) is 0.391. The highest BCUT2D eigenvalue weighted by molar-refractivity contribution is 5.81. The predicted octanol–water partition coefficient (Wildman–Crippen LogP) is 4.95. The van der Waals surface area contributed by atoms with Gasteiger partial charge in [-0.05, 0) is 62.1 Å². The zero-order valence-electron chi connectivity index (χ0n) is 17.1. The van der Waals surface area contributed by atoms with Crippen LogP contribution >= 0.6 is 0 Å². The van der Waals surface area contributed by atoms with E-state index in [1.807, 2.05) is 34.6 Å². The number of aromatic nitrogens is 2. The third-order valence-electron chi connectivity index (χ3n) is 4.96. The number of pyridine rings is 1. The smallest absolute Gasteiger partial charge is 0.228 e. The Hall–Kier alpha value is -2.69. The normalized spacial score (nSPS) is 11.2. The van der Waals surface area contributed by atoms with Gasteiger partial charge in [0.25, 0.3) is 0 Å². The Labute approximate surface area is 166 Å². The molecule has 28 heavy (non-hydrogen) atoms. The maximum Gasteiger partial charge on any atom is 0.228 e. The van der Waals surface area contributed by atoms with Crippen LogP contribution in [0.4, 0.5) is 4.39 Å². The molecule has 1 aromatic carbocycles. The second-order valence-corrected chi connectivity index (χ2v) is 7.36. The Morgan fingerprint density at radius 3 is 2.46 bits per heavy atom. The number of benzene rings is 1. The van der Waals surface area contributed by atoms with Gasteiger partial charge < -0.3 is 9.30 Å². The van der Waals surface area contributed by atoms with Gasteiger partial charge in [0.15, 0.2) is 0 Å². The van der Waals surface area contributed by atoms with Gasteiger partial charge in [0.05, 0.1) is 17.8 Å². The van der Waals surface area contributed by atoms with Crippen LogP contribution < -0.4 is 0 Å². The average molecular weight is 381 g/mol. The van der Waals surface area contributed by atoms with Crippen molar-refractivity contribution in [3.63, 3.8) is 0 Å². The van der Waals surface area contributed by atoms with Crippen LogP contribution in [0.1, 0.15) is 43.5 Å². The summed E-state index contributed by atoms with van der Waals surface area (Å²) in [5, 5.41) is 0. The Kier molecular flexibility index (Phi) is 6.12. The second kappa shape index (κ2) is 8.55. The summed E-state index contributed by atoms with van der Waals surface area (Å²) in [4.78, 5) is 19.7. The maximum atomic E-state index is 13.8. The molecule has 0 unspecified atom stereocenters. The molecule has 0 bridgehead atoms. The van der Waals surface area contributed by atoms with Gasteiger partial charge >= 0.3 is 0 Å². The van der Waals surface area contributed by atoms with Crippen molar-refractivity contribution in [3.05, 3.63) is 59.2 Å². The van der Waals surface area contributed by atoms with Crippen LogP contribution in [0.3, 0.4) is 0 Å².